The molecule has 0 aromatic heterocycles. The van der Waals surface area contributed by atoms with Crippen molar-refractivity contribution in [3.8, 4) is 11.5 Å². The second-order valence-corrected chi connectivity index (χ2v) is 7.29. The number of urea groups is 1. The number of hydrogen-bond donors (Lipinski definition) is 1. The molecule has 1 N–H and O–H groups in total. The van der Waals surface area contributed by atoms with Crippen molar-refractivity contribution in [2.24, 2.45) is 0 Å². The summed E-state index contributed by atoms with van der Waals surface area (Å²) in [7, 11) is 1.50. The van der Waals surface area contributed by atoms with Crippen LogP contribution >= 0.6 is 15.9 Å². The van der Waals surface area contributed by atoms with Crippen LogP contribution in [0.4, 0.5) is 10.5 Å². The molecule has 0 saturated carbocycles. The molecule has 2 aromatic rings. The Hall–Kier alpha value is -3.66. The van der Waals surface area contributed by atoms with Gasteiger partial charge in [-0.05, 0) is 70.9 Å². The van der Waals surface area contributed by atoms with Crippen molar-refractivity contribution in [1.29, 1.82) is 0 Å². The molecule has 1 fully saturated rings. The number of anilines is 1. The van der Waals surface area contributed by atoms with Crippen LogP contribution in [0.1, 0.15) is 12.5 Å². The van der Waals surface area contributed by atoms with E-state index in [1.54, 1.807) is 37.3 Å². The molecular formula is C22H19BrN2O7. The highest BCUT2D eigenvalue weighted by Crippen LogP contribution is 2.28. The normalized spacial score (nSPS) is 14.9. The molecule has 0 unspecified atom stereocenters. The first-order valence-electron chi connectivity index (χ1n) is 9.47. The fourth-order valence-corrected chi connectivity index (χ4v) is 3.36. The monoisotopic (exact) mass is 502 g/mol. The van der Waals surface area contributed by atoms with Crippen LogP contribution in [0.3, 0.4) is 0 Å². The number of carbonyl (C=O) groups excluding carboxylic acids is 4. The summed E-state index contributed by atoms with van der Waals surface area (Å²) in [5.41, 5.74) is 0.575. The number of halogens is 1. The highest BCUT2D eigenvalue weighted by Gasteiger charge is 2.36. The highest BCUT2D eigenvalue weighted by molar-refractivity contribution is 9.10. The first-order valence-corrected chi connectivity index (χ1v) is 10.3. The molecule has 0 bridgehead atoms. The van der Waals surface area contributed by atoms with Gasteiger partial charge in [-0.3, -0.25) is 14.9 Å². The number of carbonyl (C=O) groups is 4. The average molecular weight is 503 g/mol. The van der Waals surface area contributed by atoms with E-state index in [1.165, 1.54) is 25.3 Å². The van der Waals surface area contributed by atoms with Gasteiger partial charge in [0, 0.05) is 0 Å². The molecular weight excluding hydrogens is 484 g/mol. The number of imide groups is 2. The third-order valence-corrected chi connectivity index (χ3v) is 4.97. The second kappa shape index (κ2) is 10.1. The van der Waals surface area contributed by atoms with E-state index in [-0.39, 0.29) is 24.5 Å². The number of methoxy groups -OCH3 is 1. The third kappa shape index (κ3) is 5.14. The molecule has 0 atom stereocenters. The Morgan fingerprint density at radius 3 is 2.47 bits per heavy atom. The zero-order valence-electron chi connectivity index (χ0n) is 17.2. The molecule has 0 radical (unpaired) electrons. The average Bonchev–Trinajstić information content (AvgIpc) is 2.76. The molecule has 166 valence electrons. The van der Waals surface area contributed by atoms with Gasteiger partial charge < -0.3 is 14.2 Å². The van der Waals surface area contributed by atoms with Crippen molar-refractivity contribution >= 4 is 51.5 Å². The van der Waals surface area contributed by atoms with Gasteiger partial charge in [-0.15, -0.1) is 0 Å². The molecule has 10 heteroatoms. The second-order valence-electron chi connectivity index (χ2n) is 6.44. The molecule has 1 aliphatic heterocycles. The number of ether oxygens (including phenoxy) is 3. The lowest BCUT2D eigenvalue weighted by molar-refractivity contribution is -0.145. The summed E-state index contributed by atoms with van der Waals surface area (Å²) in [5.74, 6) is -1.13. The summed E-state index contributed by atoms with van der Waals surface area (Å²) in [6, 6.07) is 10.2. The smallest absolute Gasteiger partial charge is 0.344 e. The van der Waals surface area contributed by atoms with Crippen LogP contribution in [0.25, 0.3) is 6.08 Å². The van der Waals surface area contributed by atoms with Gasteiger partial charge >= 0.3 is 12.0 Å². The molecule has 0 spiro atoms. The predicted molar refractivity (Wildman–Crippen MR) is 118 cm³/mol. The van der Waals surface area contributed by atoms with E-state index in [2.05, 4.69) is 21.2 Å². The highest BCUT2D eigenvalue weighted by atomic mass is 79.9. The van der Waals surface area contributed by atoms with Crippen molar-refractivity contribution < 1.29 is 33.4 Å². The van der Waals surface area contributed by atoms with Gasteiger partial charge in [0.25, 0.3) is 11.8 Å². The van der Waals surface area contributed by atoms with Crippen LogP contribution < -0.4 is 19.7 Å². The standard InChI is InChI=1S/C22H19BrN2O7/c1-3-31-19(26)12-32-18-9-4-13(11-17(18)23)10-16-20(27)24-22(29)25(21(16)28)14-5-7-15(30-2)8-6-14/h4-11H,3,12H2,1-2H3,(H,24,27,29). The molecule has 1 heterocycles. The number of benzene rings is 2. The number of rotatable bonds is 7. The SMILES string of the molecule is CCOC(=O)COc1ccc(C=C2C(=O)NC(=O)N(c3ccc(OC)cc3)C2=O)cc1Br. The molecule has 1 aliphatic rings. The van der Waals surface area contributed by atoms with Gasteiger partial charge in [0.2, 0.25) is 0 Å². The summed E-state index contributed by atoms with van der Waals surface area (Å²) >= 11 is 3.33. The Kier molecular flexibility index (Phi) is 7.26. The molecule has 4 amide bonds. The number of nitrogens with one attached hydrogen (secondary N) is 1. The number of esters is 1. The maximum atomic E-state index is 13.0. The minimum absolute atomic E-state index is 0.215. The Morgan fingerprint density at radius 1 is 1.12 bits per heavy atom. The minimum atomic E-state index is -0.841. The van der Waals surface area contributed by atoms with E-state index in [0.717, 1.165) is 4.90 Å². The Bertz CT molecular complexity index is 1100. The Balaban J connectivity index is 1.83. The number of amides is 4. The van der Waals surface area contributed by atoms with E-state index < -0.39 is 23.8 Å². The topological polar surface area (TPSA) is 111 Å². The lowest BCUT2D eigenvalue weighted by atomic mass is 10.1. The van der Waals surface area contributed by atoms with Crippen molar-refractivity contribution in [2.45, 2.75) is 6.92 Å². The lowest BCUT2D eigenvalue weighted by Gasteiger charge is -2.26. The van der Waals surface area contributed by atoms with E-state index in [1.807, 2.05) is 0 Å². The van der Waals surface area contributed by atoms with Crippen LogP contribution in [0.2, 0.25) is 0 Å². The zero-order valence-corrected chi connectivity index (χ0v) is 18.8. The van der Waals surface area contributed by atoms with Crippen molar-refractivity contribution in [2.75, 3.05) is 25.2 Å². The molecule has 2 aromatic carbocycles. The Labute approximate surface area is 192 Å². The fourth-order valence-electron chi connectivity index (χ4n) is 2.85. The van der Waals surface area contributed by atoms with Gasteiger partial charge in [0.05, 0.1) is 23.9 Å². The van der Waals surface area contributed by atoms with Crippen LogP contribution in [0.5, 0.6) is 11.5 Å². The third-order valence-electron chi connectivity index (χ3n) is 4.35. The maximum absolute atomic E-state index is 13.0. The van der Waals surface area contributed by atoms with Crippen molar-refractivity contribution in [3.63, 3.8) is 0 Å². The van der Waals surface area contributed by atoms with E-state index >= 15 is 0 Å². The van der Waals surface area contributed by atoms with Crippen molar-refractivity contribution in [3.05, 3.63) is 58.1 Å². The summed E-state index contributed by atoms with van der Waals surface area (Å²) < 4.78 is 15.8. The van der Waals surface area contributed by atoms with Crippen LogP contribution in [-0.4, -0.2) is 44.1 Å². The van der Waals surface area contributed by atoms with Crippen molar-refractivity contribution in [1.82, 2.24) is 5.32 Å². The maximum Gasteiger partial charge on any atom is 0.344 e. The Morgan fingerprint density at radius 2 is 1.84 bits per heavy atom. The lowest BCUT2D eigenvalue weighted by Crippen LogP contribution is -2.54. The quantitative estimate of drug-likeness (QED) is 0.351. The largest absolute Gasteiger partial charge is 0.497 e. The first-order chi connectivity index (χ1) is 15.3. The van der Waals surface area contributed by atoms with Gasteiger partial charge in [0.15, 0.2) is 6.61 Å². The van der Waals surface area contributed by atoms with Gasteiger partial charge in [-0.2, -0.15) is 0 Å². The van der Waals surface area contributed by atoms with Gasteiger partial charge in [-0.25, -0.2) is 14.5 Å². The number of nitrogens with zero attached hydrogens (tertiary/aromatic N) is 1. The van der Waals surface area contributed by atoms with Crippen LogP contribution in [-0.2, 0) is 19.1 Å². The number of barbiturate groups is 1. The van der Waals surface area contributed by atoms with E-state index in [0.29, 0.717) is 21.5 Å². The van der Waals surface area contributed by atoms with E-state index in [4.69, 9.17) is 14.2 Å². The predicted octanol–water partition coefficient (Wildman–Crippen LogP) is 3.07. The summed E-state index contributed by atoms with van der Waals surface area (Å²) in [6.45, 7) is 1.69. The van der Waals surface area contributed by atoms with Gasteiger partial charge in [-0.1, -0.05) is 6.07 Å². The minimum Gasteiger partial charge on any atom is -0.497 e. The molecule has 1 saturated heterocycles. The summed E-state index contributed by atoms with van der Waals surface area (Å²) in [4.78, 5) is 49.9. The van der Waals surface area contributed by atoms with Gasteiger partial charge in [0.1, 0.15) is 17.1 Å². The summed E-state index contributed by atoms with van der Waals surface area (Å²) in [6.07, 6.45) is 1.36. The summed E-state index contributed by atoms with van der Waals surface area (Å²) in [5, 5.41) is 2.17. The fraction of sp³-hybridized carbons (Fsp3) is 0.182. The van der Waals surface area contributed by atoms with E-state index in [9.17, 15) is 19.2 Å². The first kappa shape index (κ1) is 23.0. The number of hydrogen-bond acceptors (Lipinski definition) is 7. The molecule has 32 heavy (non-hydrogen) atoms. The molecule has 3 rings (SSSR count). The van der Waals surface area contributed by atoms with Crippen LogP contribution in [0, 0.1) is 0 Å². The van der Waals surface area contributed by atoms with Crippen LogP contribution in [0.15, 0.2) is 52.5 Å². The molecule has 9 nitrogen and oxygen atoms in total. The zero-order chi connectivity index (χ0) is 23.3. The molecule has 0 aliphatic carbocycles.